The Labute approximate surface area is 224 Å². The Balaban J connectivity index is 1.44. The first-order valence-electron chi connectivity index (χ1n) is 14.6. The third-order valence-corrected chi connectivity index (χ3v) is 7.81. The molecule has 1 aliphatic carbocycles. The summed E-state index contributed by atoms with van der Waals surface area (Å²) in [5, 5.41) is 9.82. The van der Waals surface area contributed by atoms with Gasteiger partial charge >= 0.3 is 5.97 Å². The number of aromatic nitrogens is 2. The maximum Gasteiger partial charge on any atom is 0.338 e. The van der Waals surface area contributed by atoms with Crippen LogP contribution in [0, 0.1) is 16.7 Å². The summed E-state index contributed by atoms with van der Waals surface area (Å²) in [4.78, 5) is 21.8. The number of carbonyl (C=O) groups excluding carboxylic acids is 1. The van der Waals surface area contributed by atoms with E-state index in [4.69, 9.17) is 4.74 Å². The van der Waals surface area contributed by atoms with Crippen LogP contribution in [0.5, 0.6) is 0 Å². The van der Waals surface area contributed by atoms with E-state index in [1.807, 2.05) is 24.5 Å². The number of unbranched alkanes of at least 4 members (excludes halogenated alkanes) is 8. The fourth-order valence-corrected chi connectivity index (χ4v) is 5.29. The smallest absolute Gasteiger partial charge is 0.338 e. The summed E-state index contributed by atoms with van der Waals surface area (Å²) in [6, 6.07) is 9.96. The molecule has 1 heterocycles. The van der Waals surface area contributed by atoms with Gasteiger partial charge in [0.1, 0.15) is 6.10 Å². The Morgan fingerprint density at radius 1 is 0.919 bits per heavy atom. The molecule has 200 valence electrons. The molecule has 1 aromatic carbocycles. The van der Waals surface area contributed by atoms with Gasteiger partial charge in [0.2, 0.25) is 0 Å². The SMILES string of the molecule is CCCCCCCc1cnc(-c2ccc(C(=O)OC3CCC(C#N)(CCCCCCC)CC3)cc2)nc1. The van der Waals surface area contributed by atoms with E-state index in [0.29, 0.717) is 11.4 Å². The van der Waals surface area contributed by atoms with E-state index in [-0.39, 0.29) is 17.5 Å². The fraction of sp³-hybridized carbons (Fsp3) is 0.625. The summed E-state index contributed by atoms with van der Waals surface area (Å²) in [5.41, 5.74) is 2.37. The van der Waals surface area contributed by atoms with Crippen LogP contribution in [0.2, 0.25) is 0 Å². The lowest BCUT2D eigenvalue weighted by molar-refractivity contribution is 0.0105. The second-order valence-corrected chi connectivity index (χ2v) is 10.8. The maximum absolute atomic E-state index is 12.8. The number of nitrogens with zero attached hydrogens (tertiary/aromatic N) is 3. The lowest BCUT2D eigenvalue weighted by Gasteiger charge is -2.34. The quantitative estimate of drug-likeness (QED) is 0.180. The van der Waals surface area contributed by atoms with Crippen molar-refractivity contribution < 1.29 is 9.53 Å². The molecule has 1 aromatic heterocycles. The van der Waals surface area contributed by atoms with Crippen molar-refractivity contribution in [3.05, 3.63) is 47.8 Å². The van der Waals surface area contributed by atoms with Crippen molar-refractivity contribution in [3.8, 4) is 17.5 Å². The first kappa shape index (κ1) is 28.8. The van der Waals surface area contributed by atoms with Crippen molar-refractivity contribution in [3.63, 3.8) is 0 Å². The molecule has 0 unspecified atom stereocenters. The van der Waals surface area contributed by atoms with E-state index in [1.165, 1.54) is 63.4 Å². The topological polar surface area (TPSA) is 75.9 Å². The molecule has 1 aliphatic rings. The van der Waals surface area contributed by atoms with Gasteiger partial charge in [-0.1, -0.05) is 83.8 Å². The number of carbonyl (C=O) groups is 1. The number of hydrogen-bond acceptors (Lipinski definition) is 5. The van der Waals surface area contributed by atoms with Gasteiger partial charge in [0.25, 0.3) is 0 Å². The highest BCUT2D eigenvalue weighted by Crippen LogP contribution is 2.41. The van der Waals surface area contributed by atoms with E-state index < -0.39 is 0 Å². The number of benzene rings is 1. The number of aryl methyl sites for hydroxylation is 1. The summed E-state index contributed by atoms with van der Waals surface area (Å²) in [7, 11) is 0. The average Bonchev–Trinajstić information content (AvgIpc) is 2.94. The van der Waals surface area contributed by atoms with Crippen LogP contribution in [0.3, 0.4) is 0 Å². The number of hydrogen-bond donors (Lipinski definition) is 0. The molecule has 5 nitrogen and oxygen atoms in total. The van der Waals surface area contributed by atoms with E-state index in [2.05, 4.69) is 29.9 Å². The number of rotatable bonds is 15. The van der Waals surface area contributed by atoms with E-state index in [1.54, 1.807) is 12.1 Å². The highest BCUT2D eigenvalue weighted by atomic mass is 16.5. The Morgan fingerprint density at radius 2 is 1.51 bits per heavy atom. The van der Waals surface area contributed by atoms with Gasteiger partial charge in [-0.15, -0.1) is 0 Å². The minimum Gasteiger partial charge on any atom is -0.459 e. The molecule has 0 spiro atoms. The highest BCUT2D eigenvalue weighted by molar-refractivity contribution is 5.90. The monoisotopic (exact) mass is 503 g/mol. The molecule has 3 rings (SSSR count). The zero-order chi connectivity index (χ0) is 26.3. The second-order valence-electron chi connectivity index (χ2n) is 10.8. The first-order chi connectivity index (χ1) is 18.1. The van der Waals surface area contributed by atoms with Gasteiger partial charge in [0.05, 0.1) is 17.0 Å². The summed E-state index contributed by atoms with van der Waals surface area (Å²) in [5.74, 6) is 0.379. The number of ether oxygens (including phenoxy) is 1. The predicted octanol–water partition coefficient (Wildman–Crippen LogP) is 8.63. The lowest BCUT2D eigenvalue weighted by atomic mass is 9.71. The van der Waals surface area contributed by atoms with Crippen molar-refractivity contribution in [2.45, 2.75) is 123 Å². The largest absolute Gasteiger partial charge is 0.459 e. The van der Waals surface area contributed by atoms with Crippen molar-refractivity contribution in [1.29, 1.82) is 5.26 Å². The zero-order valence-electron chi connectivity index (χ0n) is 23.0. The first-order valence-corrected chi connectivity index (χ1v) is 14.6. The van der Waals surface area contributed by atoms with Crippen LogP contribution in [0.4, 0.5) is 0 Å². The van der Waals surface area contributed by atoms with Gasteiger partial charge in [-0.2, -0.15) is 5.26 Å². The summed E-state index contributed by atoms with van der Waals surface area (Å²) in [6.07, 6.45) is 21.3. The average molecular weight is 504 g/mol. The Bertz CT molecular complexity index is 971. The zero-order valence-corrected chi connectivity index (χ0v) is 23.0. The third-order valence-electron chi connectivity index (χ3n) is 7.81. The van der Waals surface area contributed by atoms with Crippen molar-refractivity contribution >= 4 is 5.97 Å². The Morgan fingerprint density at radius 3 is 2.11 bits per heavy atom. The van der Waals surface area contributed by atoms with E-state index >= 15 is 0 Å². The molecule has 5 heteroatoms. The van der Waals surface area contributed by atoms with Crippen molar-refractivity contribution in [1.82, 2.24) is 9.97 Å². The fourth-order valence-electron chi connectivity index (χ4n) is 5.29. The van der Waals surface area contributed by atoms with E-state index in [9.17, 15) is 10.1 Å². The van der Waals surface area contributed by atoms with Crippen LogP contribution in [-0.4, -0.2) is 22.0 Å². The Kier molecular flexibility index (Phi) is 12.1. The molecular weight excluding hydrogens is 458 g/mol. The molecule has 0 saturated heterocycles. The summed E-state index contributed by atoms with van der Waals surface area (Å²) < 4.78 is 5.82. The van der Waals surface area contributed by atoms with Gasteiger partial charge in [-0.25, -0.2) is 14.8 Å². The molecule has 0 radical (unpaired) electrons. The molecule has 0 atom stereocenters. The molecule has 0 aliphatic heterocycles. The third kappa shape index (κ3) is 9.26. The van der Waals surface area contributed by atoms with Crippen LogP contribution < -0.4 is 0 Å². The van der Waals surface area contributed by atoms with Crippen molar-refractivity contribution in [2.75, 3.05) is 0 Å². The summed E-state index contributed by atoms with van der Waals surface area (Å²) >= 11 is 0. The van der Waals surface area contributed by atoms with Crippen LogP contribution >= 0.6 is 0 Å². The van der Waals surface area contributed by atoms with Gasteiger partial charge in [-0.05, 0) is 62.6 Å². The standard InChI is InChI=1S/C32H45N3O2/c1-3-5-7-9-11-13-26-23-34-30(35-24-26)27-14-16-28(17-15-27)31(36)37-29-18-21-32(25-33,22-19-29)20-12-10-8-6-4-2/h14-17,23-24,29H,3-13,18-22H2,1-2H3. The molecule has 0 N–H and O–H groups in total. The van der Waals surface area contributed by atoms with Crippen LogP contribution in [0.1, 0.15) is 126 Å². The maximum atomic E-state index is 12.8. The minimum absolute atomic E-state index is 0.105. The minimum atomic E-state index is -0.292. The molecule has 1 fully saturated rings. The van der Waals surface area contributed by atoms with Gasteiger partial charge < -0.3 is 4.74 Å². The number of esters is 1. The van der Waals surface area contributed by atoms with Crippen LogP contribution in [0.15, 0.2) is 36.7 Å². The van der Waals surface area contributed by atoms with Crippen LogP contribution in [0.25, 0.3) is 11.4 Å². The second kappa shape index (κ2) is 15.5. The van der Waals surface area contributed by atoms with Crippen molar-refractivity contribution in [2.24, 2.45) is 5.41 Å². The normalized spacial score (nSPS) is 19.3. The van der Waals surface area contributed by atoms with Gasteiger partial charge in [0, 0.05) is 18.0 Å². The molecule has 0 bridgehead atoms. The lowest BCUT2D eigenvalue weighted by Crippen LogP contribution is -2.31. The molecule has 1 saturated carbocycles. The molecular formula is C32H45N3O2. The molecule has 2 aromatic rings. The Hall–Kier alpha value is -2.74. The number of nitriles is 1. The van der Waals surface area contributed by atoms with E-state index in [0.717, 1.165) is 50.5 Å². The van der Waals surface area contributed by atoms with Gasteiger partial charge in [-0.3, -0.25) is 0 Å². The highest BCUT2D eigenvalue weighted by Gasteiger charge is 2.36. The van der Waals surface area contributed by atoms with Crippen LogP contribution in [-0.2, 0) is 11.2 Å². The van der Waals surface area contributed by atoms with Gasteiger partial charge in [0.15, 0.2) is 5.82 Å². The molecule has 0 amide bonds. The molecule has 37 heavy (non-hydrogen) atoms. The predicted molar refractivity (Wildman–Crippen MR) is 149 cm³/mol. The summed E-state index contributed by atoms with van der Waals surface area (Å²) in [6.45, 7) is 4.45.